The van der Waals surface area contributed by atoms with Crippen molar-refractivity contribution in [3.8, 4) is 22.5 Å². The summed E-state index contributed by atoms with van der Waals surface area (Å²) in [5, 5.41) is 12.2. The zero-order valence-corrected chi connectivity index (χ0v) is 19.7. The van der Waals surface area contributed by atoms with E-state index in [9.17, 15) is 0 Å². The Morgan fingerprint density at radius 3 is 2.72 bits per heavy atom. The number of allylic oxidation sites excluding steroid dienone is 1. The molecule has 5 rings (SSSR count). The first kappa shape index (κ1) is 20.7. The molecule has 0 radical (unpaired) electrons. The fraction of sp³-hybridized carbons (Fsp3) is 0.160. The molecule has 0 spiro atoms. The average molecular weight is 458 g/mol. The number of aromatic nitrogens is 5. The van der Waals surface area contributed by atoms with Crippen LogP contribution in [0.15, 0.2) is 78.0 Å². The molecule has 0 aliphatic rings. The molecule has 4 aromatic heterocycles. The fourth-order valence-corrected chi connectivity index (χ4v) is 5.48. The van der Waals surface area contributed by atoms with E-state index in [1.807, 2.05) is 34.9 Å². The van der Waals surface area contributed by atoms with E-state index in [0.717, 1.165) is 33.6 Å². The molecule has 0 aliphatic heterocycles. The van der Waals surface area contributed by atoms with E-state index in [1.54, 1.807) is 23.1 Å². The molecular formula is C25H23N5S2. The third-order valence-electron chi connectivity index (χ3n) is 5.35. The van der Waals surface area contributed by atoms with Crippen molar-refractivity contribution in [2.75, 3.05) is 0 Å². The number of rotatable bonds is 7. The minimum Gasteiger partial charge on any atom is -0.307 e. The van der Waals surface area contributed by atoms with E-state index < -0.39 is 0 Å². The summed E-state index contributed by atoms with van der Waals surface area (Å²) < 4.78 is 4.18. The lowest BCUT2D eigenvalue weighted by atomic mass is 10.0. The Morgan fingerprint density at radius 1 is 1.09 bits per heavy atom. The Hall–Kier alpha value is -3.16. The Labute approximate surface area is 195 Å². The Kier molecular flexibility index (Phi) is 5.68. The largest absolute Gasteiger partial charge is 0.307 e. The van der Waals surface area contributed by atoms with Crippen molar-refractivity contribution >= 4 is 28.7 Å². The molecule has 0 N–H and O–H groups in total. The second kappa shape index (κ2) is 8.76. The lowest BCUT2D eigenvalue weighted by molar-refractivity contribution is 0.731. The molecule has 160 valence electrons. The van der Waals surface area contributed by atoms with Crippen LogP contribution in [0.4, 0.5) is 0 Å². The molecule has 0 atom stereocenters. The Bertz CT molecular complexity index is 1360. The van der Waals surface area contributed by atoms with Crippen LogP contribution in [0, 0.1) is 13.8 Å². The van der Waals surface area contributed by atoms with Crippen molar-refractivity contribution in [3.05, 3.63) is 89.0 Å². The molecular weight excluding hydrogens is 434 g/mol. The summed E-state index contributed by atoms with van der Waals surface area (Å²) >= 11 is 3.40. The van der Waals surface area contributed by atoms with Gasteiger partial charge in [0.2, 0.25) is 0 Å². The molecule has 0 saturated carbocycles. The van der Waals surface area contributed by atoms with Crippen LogP contribution in [-0.4, -0.2) is 24.1 Å². The third-order valence-corrected chi connectivity index (χ3v) is 7.26. The van der Waals surface area contributed by atoms with Crippen molar-refractivity contribution < 1.29 is 0 Å². The van der Waals surface area contributed by atoms with Crippen LogP contribution >= 0.6 is 23.1 Å². The summed E-state index contributed by atoms with van der Waals surface area (Å²) in [6.07, 6.45) is 5.97. The Balaban J connectivity index is 1.48. The quantitative estimate of drug-likeness (QED) is 0.209. The van der Waals surface area contributed by atoms with Gasteiger partial charge >= 0.3 is 0 Å². The summed E-state index contributed by atoms with van der Waals surface area (Å²) in [5.41, 5.74) is 6.77. The minimum atomic E-state index is 0.651. The van der Waals surface area contributed by atoms with Crippen LogP contribution in [0.3, 0.4) is 0 Å². The second-order valence-corrected chi connectivity index (χ2v) is 9.67. The standard InChI is InChI=1S/C25H23N5S2/c1-4-12-30-24(21-16-31-18(3)23(21)19-10-8-17(2)9-11-19)27-28-25(30)32-15-20-14-29-13-6-5-7-22(29)26-20/h4-11,13-14,16H,1,12,15H2,2-3H3. The normalized spacial score (nSPS) is 11.3. The summed E-state index contributed by atoms with van der Waals surface area (Å²) in [6, 6.07) is 14.7. The fourth-order valence-electron chi connectivity index (χ4n) is 3.78. The number of nitrogens with zero attached hydrogens (tertiary/aromatic N) is 5. The van der Waals surface area contributed by atoms with E-state index in [0.29, 0.717) is 6.54 Å². The monoisotopic (exact) mass is 457 g/mol. The summed E-state index contributed by atoms with van der Waals surface area (Å²) in [7, 11) is 0. The number of thioether (sulfide) groups is 1. The van der Waals surface area contributed by atoms with Crippen LogP contribution < -0.4 is 0 Å². The highest BCUT2D eigenvalue weighted by molar-refractivity contribution is 7.98. The van der Waals surface area contributed by atoms with E-state index >= 15 is 0 Å². The third kappa shape index (κ3) is 3.89. The van der Waals surface area contributed by atoms with E-state index in [2.05, 4.69) is 71.0 Å². The molecule has 0 unspecified atom stereocenters. The number of fused-ring (bicyclic) bond motifs is 1. The number of aryl methyl sites for hydroxylation is 2. The van der Waals surface area contributed by atoms with Gasteiger partial charge in [0.15, 0.2) is 11.0 Å². The van der Waals surface area contributed by atoms with E-state index in [4.69, 9.17) is 4.98 Å². The SMILES string of the molecule is C=CCn1c(SCc2cn3ccccc3n2)nnc1-c1csc(C)c1-c1ccc(C)cc1. The first-order chi connectivity index (χ1) is 15.6. The van der Waals surface area contributed by atoms with Crippen LogP contribution in [-0.2, 0) is 12.3 Å². The van der Waals surface area contributed by atoms with E-state index in [1.165, 1.54) is 21.6 Å². The van der Waals surface area contributed by atoms with Gasteiger partial charge in [0, 0.05) is 46.1 Å². The second-order valence-electron chi connectivity index (χ2n) is 7.64. The minimum absolute atomic E-state index is 0.651. The van der Waals surface area contributed by atoms with Gasteiger partial charge in [-0.05, 0) is 31.5 Å². The number of imidazole rings is 1. The maximum atomic E-state index is 4.70. The molecule has 5 nitrogen and oxygen atoms in total. The zero-order chi connectivity index (χ0) is 22.1. The predicted octanol–water partition coefficient (Wildman–Crippen LogP) is 6.42. The molecule has 1 aromatic carbocycles. The molecule has 32 heavy (non-hydrogen) atoms. The molecule has 0 aliphatic carbocycles. The molecule has 0 amide bonds. The van der Waals surface area contributed by atoms with Crippen molar-refractivity contribution in [3.63, 3.8) is 0 Å². The maximum absolute atomic E-state index is 4.70. The van der Waals surface area contributed by atoms with Crippen LogP contribution in [0.2, 0.25) is 0 Å². The van der Waals surface area contributed by atoms with Gasteiger partial charge in [0.05, 0.1) is 5.69 Å². The van der Waals surface area contributed by atoms with E-state index in [-0.39, 0.29) is 0 Å². The summed E-state index contributed by atoms with van der Waals surface area (Å²) in [5.74, 6) is 1.60. The van der Waals surface area contributed by atoms with Gasteiger partial charge < -0.3 is 4.40 Å². The molecule has 5 aromatic rings. The lowest BCUT2D eigenvalue weighted by Crippen LogP contribution is -2.01. The van der Waals surface area contributed by atoms with Crippen molar-refractivity contribution in [1.29, 1.82) is 0 Å². The highest BCUT2D eigenvalue weighted by Crippen LogP contribution is 2.39. The van der Waals surface area contributed by atoms with Crippen molar-refractivity contribution in [1.82, 2.24) is 24.1 Å². The summed E-state index contributed by atoms with van der Waals surface area (Å²) in [4.78, 5) is 5.97. The smallest absolute Gasteiger partial charge is 0.192 e. The summed E-state index contributed by atoms with van der Waals surface area (Å²) in [6.45, 7) is 8.88. The van der Waals surface area contributed by atoms with Crippen LogP contribution in [0.5, 0.6) is 0 Å². The lowest BCUT2D eigenvalue weighted by Gasteiger charge is -2.09. The Morgan fingerprint density at radius 2 is 1.94 bits per heavy atom. The van der Waals surface area contributed by atoms with Crippen molar-refractivity contribution in [2.45, 2.75) is 31.3 Å². The first-order valence-electron chi connectivity index (χ1n) is 10.4. The van der Waals surface area contributed by atoms with Crippen molar-refractivity contribution in [2.24, 2.45) is 0 Å². The average Bonchev–Trinajstić information content (AvgIpc) is 3.49. The van der Waals surface area contributed by atoms with Crippen LogP contribution in [0.25, 0.3) is 28.2 Å². The zero-order valence-electron chi connectivity index (χ0n) is 18.0. The van der Waals surface area contributed by atoms with Gasteiger partial charge in [-0.3, -0.25) is 4.57 Å². The first-order valence-corrected chi connectivity index (χ1v) is 12.3. The van der Waals surface area contributed by atoms with Gasteiger partial charge in [0.25, 0.3) is 0 Å². The van der Waals surface area contributed by atoms with Gasteiger partial charge in [-0.15, -0.1) is 28.1 Å². The van der Waals surface area contributed by atoms with Crippen LogP contribution in [0.1, 0.15) is 16.1 Å². The van der Waals surface area contributed by atoms with Gasteiger partial charge in [-0.2, -0.15) is 0 Å². The molecule has 0 bridgehead atoms. The predicted molar refractivity (Wildman–Crippen MR) is 133 cm³/mol. The molecule has 4 heterocycles. The molecule has 0 saturated heterocycles. The topological polar surface area (TPSA) is 48.0 Å². The van der Waals surface area contributed by atoms with Gasteiger partial charge in [-0.25, -0.2) is 4.98 Å². The van der Waals surface area contributed by atoms with Gasteiger partial charge in [-0.1, -0.05) is 53.7 Å². The molecule has 7 heteroatoms. The number of benzene rings is 1. The molecule has 0 fully saturated rings. The number of hydrogen-bond acceptors (Lipinski definition) is 5. The van der Waals surface area contributed by atoms with Gasteiger partial charge in [0.1, 0.15) is 5.65 Å². The highest BCUT2D eigenvalue weighted by Gasteiger charge is 2.20. The maximum Gasteiger partial charge on any atom is 0.192 e. The number of thiophene rings is 1. The highest BCUT2D eigenvalue weighted by atomic mass is 32.2. The number of pyridine rings is 1. The number of hydrogen-bond donors (Lipinski definition) is 0.